The number of nitrogens with one attached hydrogen (secondary N) is 1. The number of carbonyl (C=O) groups excluding carboxylic acids is 2. The highest BCUT2D eigenvalue weighted by molar-refractivity contribution is 9.10. The first-order valence-corrected chi connectivity index (χ1v) is 11.9. The van der Waals surface area contributed by atoms with Crippen molar-refractivity contribution < 1.29 is 14.3 Å². The van der Waals surface area contributed by atoms with Gasteiger partial charge in [-0.05, 0) is 59.9 Å². The molecule has 0 aliphatic carbocycles. The van der Waals surface area contributed by atoms with Crippen LogP contribution in [-0.4, -0.2) is 31.0 Å². The molecule has 6 nitrogen and oxygen atoms in total. The number of benzene rings is 3. The number of nitrogens with zero attached hydrogens (tertiary/aromatic N) is 1. The summed E-state index contributed by atoms with van der Waals surface area (Å²) < 4.78 is 6.66. The van der Waals surface area contributed by atoms with Crippen molar-refractivity contribution in [2.75, 3.05) is 12.0 Å². The first-order chi connectivity index (χ1) is 15.9. The normalized spacial score (nSPS) is 16.3. The number of aryl methyl sites for hydroxylation is 1. The van der Waals surface area contributed by atoms with Gasteiger partial charge < -0.3 is 20.7 Å². The molecule has 0 radical (unpaired) electrons. The molecule has 0 fully saturated rings. The molecule has 1 heterocycles. The van der Waals surface area contributed by atoms with Crippen LogP contribution < -0.4 is 20.7 Å². The molecule has 0 bridgehead atoms. The van der Waals surface area contributed by atoms with Crippen LogP contribution >= 0.6 is 28.3 Å². The Morgan fingerprint density at radius 2 is 2.00 bits per heavy atom. The molecule has 8 heteroatoms. The van der Waals surface area contributed by atoms with Crippen molar-refractivity contribution >= 4 is 56.6 Å². The maximum Gasteiger partial charge on any atom is 0.249 e. The average Bonchev–Trinajstić information content (AvgIpc) is 2.95. The molecule has 0 spiro atoms. The number of rotatable bonds is 6. The number of hydrogen-bond donors (Lipinski definition) is 2. The molecule has 3 N–H and O–H groups in total. The van der Waals surface area contributed by atoms with Gasteiger partial charge >= 0.3 is 0 Å². The Kier molecular flexibility index (Phi) is 8.57. The lowest BCUT2D eigenvalue weighted by molar-refractivity contribution is -0.128. The third-order valence-corrected chi connectivity index (χ3v) is 6.72. The van der Waals surface area contributed by atoms with E-state index in [9.17, 15) is 9.59 Å². The van der Waals surface area contributed by atoms with E-state index in [4.69, 9.17) is 10.5 Å². The quantitative estimate of drug-likeness (QED) is 0.468. The second kappa shape index (κ2) is 11.2. The summed E-state index contributed by atoms with van der Waals surface area (Å²) in [6, 6.07) is 16.6. The minimum absolute atomic E-state index is 0. The molecule has 3 aromatic rings. The molecule has 1 aliphatic rings. The smallest absolute Gasteiger partial charge is 0.249 e. The number of methoxy groups -OCH3 is 1. The molecular weight excluding hydrogens is 518 g/mol. The first-order valence-electron chi connectivity index (χ1n) is 11.1. The highest BCUT2D eigenvalue weighted by atomic mass is 79.9. The minimum atomic E-state index is -0.641. The monoisotopic (exact) mass is 545 g/mol. The second-order valence-electron chi connectivity index (χ2n) is 8.28. The molecule has 3 aromatic carbocycles. The van der Waals surface area contributed by atoms with Crippen LogP contribution in [0, 0.1) is 0 Å². The van der Waals surface area contributed by atoms with Crippen molar-refractivity contribution in [2.45, 2.75) is 44.8 Å². The molecule has 34 heavy (non-hydrogen) atoms. The summed E-state index contributed by atoms with van der Waals surface area (Å²) in [7, 11) is 1.64. The summed E-state index contributed by atoms with van der Waals surface area (Å²) in [5.41, 5.74) is 8.77. The van der Waals surface area contributed by atoms with Gasteiger partial charge in [0.25, 0.3) is 0 Å². The summed E-state index contributed by atoms with van der Waals surface area (Å²) in [6.45, 7) is 2.18. The summed E-state index contributed by atoms with van der Waals surface area (Å²) >= 11 is 3.53. The fourth-order valence-corrected chi connectivity index (χ4v) is 4.71. The van der Waals surface area contributed by atoms with Gasteiger partial charge in [0.1, 0.15) is 11.8 Å². The number of halogens is 2. The highest BCUT2D eigenvalue weighted by Gasteiger charge is 2.33. The molecule has 0 saturated heterocycles. The standard InChI is InChI=1S/C26H28BrN3O3.ClH/c1-3-21(28)25(31)29-22-12-8-16-6-4-5-7-23(16)30(26(22)32)15-20-19-11-10-18(27)14-17(19)9-13-24(20)33-2;/h4-7,9-11,13-14,21-22H,3,8,12,15,28H2,1-2H3,(H,29,31);1H. The van der Waals surface area contributed by atoms with E-state index in [-0.39, 0.29) is 24.2 Å². The summed E-state index contributed by atoms with van der Waals surface area (Å²) in [5.74, 6) is 0.273. The molecule has 2 unspecified atom stereocenters. The SMILES string of the molecule is CCC(N)C(=O)NC1CCc2ccccc2N(Cc2c(OC)ccc3cc(Br)ccc23)C1=O.Cl. The Bertz CT molecular complexity index is 1200. The maximum atomic E-state index is 13.8. The molecule has 2 atom stereocenters. The molecule has 0 aromatic heterocycles. The highest BCUT2D eigenvalue weighted by Crippen LogP contribution is 2.35. The maximum absolute atomic E-state index is 13.8. The van der Waals surface area contributed by atoms with Crippen LogP contribution in [0.3, 0.4) is 0 Å². The first kappa shape index (κ1) is 26.0. The largest absolute Gasteiger partial charge is 0.496 e. The molecule has 4 rings (SSSR count). The van der Waals surface area contributed by atoms with E-state index in [1.54, 1.807) is 12.0 Å². The van der Waals surface area contributed by atoms with Crippen LogP contribution in [0.4, 0.5) is 5.69 Å². The van der Waals surface area contributed by atoms with Crippen LogP contribution in [0.2, 0.25) is 0 Å². The molecule has 180 valence electrons. The second-order valence-corrected chi connectivity index (χ2v) is 9.20. The lowest BCUT2D eigenvalue weighted by Crippen LogP contribution is -2.52. The van der Waals surface area contributed by atoms with Crippen LogP contribution in [-0.2, 0) is 22.6 Å². The van der Waals surface area contributed by atoms with E-state index < -0.39 is 12.1 Å². The zero-order chi connectivity index (χ0) is 23.5. The van der Waals surface area contributed by atoms with Gasteiger partial charge in [-0.3, -0.25) is 9.59 Å². The fraction of sp³-hybridized carbons (Fsp3) is 0.308. The minimum Gasteiger partial charge on any atom is -0.496 e. The molecule has 0 saturated carbocycles. The van der Waals surface area contributed by atoms with E-state index >= 15 is 0 Å². The van der Waals surface area contributed by atoms with E-state index in [2.05, 4.69) is 21.2 Å². The van der Waals surface area contributed by atoms with Crippen molar-refractivity contribution in [3.05, 3.63) is 70.2 Å². The molecular formula is C26H29BrClN3O3. The van der Waals surface area contributed by atoms with E-state index in [1.807, 2.05) is 61.5 Å². The Hall–Kier alpha value is -2.61. The summed E-state index contributed by atoms with van der Waals surface area (Å²) in [6.07, 6.45) is 1.72. The van der Waals surface area contributed by atoms with Crippen LogP contribution in [0.25, 0.3) is 10.8 Å². The Balaban J connectivity index is 0.00000324. The van der Waals surface area contributed by atoms with Crippen molar-refractivity contribution in [3.63, 3.8) is 0 Å². The van der Waals surface area contributed by atoms with Gasteiger partial charge in [-0.1, -0.05) is 53.2 Å². The summed E-state index contributed by atoms with van der Waals surface area (Å²) in [4.78, 5) is 28.1. The van der Waals surface area contributed by atoms with Gasteiger partial charge in [0.05, 0.1) is 19.7 Å². The zero-order valence-corrected chi connectivity index (χ0v) is 21.6. The van der Waals surface area contributed by atoms with E-state index in [0.717, 1.165) is 32.1 Å². The number of anilines is 1. The predicted octanol–water partition coefficient (Wildman–Crippen LogP) is 4.73. The third kappa shape index (κ3) is 5.22. The lowest BCUT2D eigenvalue weighted by atomic mass is 10.0. The number of carbonyl (C=O) groups is 2. The predicted molar refractivity (Wildman–Crippen MR) is 142 cm³/mol. The fourth-order valence-electron chi connectivity index (χ4n) is 4.33. The van der Waals surface area contributed by atoms with Crippen LogP contribution in [0.5, 0.6) is 5.75 Å². The Labute approximate surface area is 214 Å². The van der Waals surface area contributed by atoms with Crippen LogP contribution in [0.1, 0.15) is 30.9 Å². The van der Waals surface area contributed by atoms with Gasteiger partial charge in [-0.2, -0.15) is 0 Å². The van der Waals surface area contributed by atoms with Crippen molar-refractivity contribution in [1.82, 2.24) is 5.32 Å². The molecule has 2 amide bonds. The van der Waals surface area contributed by atoms with Crippen molar-refractivity contribution in [2.24, 2.45) is 5.73 Å². The summed E-state index contributed by atoms with van der Waals surface area (Å²) in [5, 5.41) is 4.96. The number of amides is 2. The van der Waals surface area contributed by atoms with E-state index in [1.165, 1.54) is 0 Å². The van der Waals surface area contributed by atoms with Gasteiger partial charge in [-0.15, -0.1) is 12.4 Å². The zero-order valence-electron chi connectivity index (χ0n) is 19.2. The average molecular weight is 547 g/mol. The van der Waals surface area contributed by atoms with Crippen molar-refractivity contribution in [3.8, 4) is 5.75 Å². The number of ether oxygens (including phenoxy) is 1. The third-order valence-electron chi connectivity index (χ3n) is 6.23. The van der Waals surface area contributed by atoms with Crippen LogP contribution in [0.15, 0.2) is 59.1 Å². The van der Waals surface area contributed by atoms with Gasteiger partial charge in [-0.25, -0.2) is 0 Å². The Morgan fingerprint density at radius 1 is 1.24 bits per heavy atom. The lowest BCUT2D eigenvalue weighted by Gasteiger charge is -2.28. The number of nitrogens with two attached hydrogens (primary N) is 1. The van der Waals surface area contributed by atoms with Gasteiger partial charge in [0, 0.05) is 15.7 Å². The Morgan fingerprint density at radius 3 is 2.74 bits per heavy atom. The van der Waals surface area contributed by atoms with E-state index in [0.29, 0.717) is 31.6 Å². The van der Waals surface area contributed by atoms with Gasteiger partial charge in [0.2, 0.25) is 11.8 Å². The molecule has 1 aliphatic heterocycles. The van der Waals surface area contributed by atoms with Crippen molar-refractivity contribution in [1.29, 1.82) is 0 Å². The number of hydrogen-bond acceptors (Lipinski definition) is 4. The number of fused-ring (bicyclic) bond motifs is 2. The number of para-hydroxylation sites is 1. The van der Waals surface area contributed by atoms with Gasteiger partial charge in [0.15, 0.2) is 0 Å². The topological polar surface area (TPSA) is 84.7 Å².